The highest BCUT2D eigenvalue weighted by Crippen LogP contribution is 2.35. The first-order chi connectivity index (χ1) is 10.6. The van der Waals surface area contributed by atoms with E-state index in [1.54, 1.807) is 23.1 Å². The van der Waals surface area contributed by atoms with Gasteiger partial charge in [-0.3, -0.25) is 14.4 Å². The highest BCUT2D eigenvalue weighted by Gasteiger charge is 2.41. The van der Waals surface area contributed by atoms with Crippen molar-refractivity contribution in [2.24, 2.45) is 11.8 Å². The summed E-state index contributed by atoms with van der Waals surface area (Å²) >= 11 is 0. The lowest BCUT2D eigenvalue weighted by atomic mass is 9.73. The van der Waals surface area contributed by atoms with E-state index in [2.05, 4.69) is 5.32 Å². The molecule has 1 aliphatic heterocycles. The van der Waals surface area contributed by atoms with Crippen molar-refractivity contribution >= 4 is 29.2 Å². The Kier molecular flexibility index (Phi) is 3.83. The first-order valence-corrected chi connectivity index (χ1v) is 7.50. The molecule has 2 N–H and O–H groups in total. The number of carbonyl (C=O) groups excluding carboxylic acids is 2. The van der Waals surface area contributed by atoms with Crippen LogP contribution in [0.25, 0.3) is 0 Å². The van der Waals surface area contributed by atoms with Crippen molar-refractivity contribution in [3.8, 4) is 0 Å². The molecule has 2 fully saturated rings. The van der Waals surface area contributed by atoms with Gasteiger partial charge in [-0.05, 0) is 37.5 Å². The van der Waals surface area contributed by atoms with E-state index in [0.29, 0.717) is 31.5 Å². The molecular weight excluding hydrogens is 284 g/mol. The van der Waals surface area contributed by atoms with Crippen LogP contribution >= 0.6 is 0 Å². The van der Waals surface area contributed by atoms with E-state index in [1.807, 2.05) is 6.07 Å². The highest BCUT2D eigenvalue weighted by atomic mass is 16.4. The number of nitrogens with one attached hydrogen (secondary N) is 1. The Morgan fingerprint density at radius 1 is 1.23 bits per heavy atom. The molecule has 1 aromatic carbocycles. The quantitative estimate of drug-likeness (QED) is 0.889. The molecule has 3 rings (SSSR count). The summed E-state index contributed by atoms with van der Waals surface area (Å²) in [6.07, 6.45) is 2.56. The molecule has 1 saturated carbocycles. The standard InChI is InChI=1S/C16H18N2O4/c19-14-5-2-8-18(14)11-4-1-3-10(9-11)17-15(20)12-6-7-13(12)16(21)22/h1,3-4,9,12-13H,2,5-8H2,(H,17,20)(H,21,22). The minimum absolute atomic E-state index is 0.0911. The smallest absolute Gasteiger partial charge is 0.307 e. The maximum Gasteiger partial charge on any atom is 0.307 e. The van der Waals surface area contributed by atoms with Crippen molar-refractivity contribution in [3.63, 3.8) is 0 Å². The monoisotopic (exact) mass is 302 g/mol. The second kappa shape index (κ2) is 5.79. The largest absolute Gasteiger partial charge is 0.481 e. The second-order valence-electron chi connectivity index (χ2n) is 5.82. The number of nitrogens with zero attached hydrogens (tertiary/aromatic N) is 1. The number of hydrogen-bond donors (Lipinski definition) is 2. The van der Waals surface area contributed by atoms with Crippen LogP contribution in [0.4, 0.5) is 11.4 Å². The molecule has 2 amide bonds. The van der Waals surface area contributed by atoms with Gasteiger partial charge >= 0.3 is 5.97 Å². The summed E-state index contributed by atoms with van der Waals surface area (Å²) in [5.74, 6) is -2.13. The molecule has 6 heteroatoms. The van der Waals surface area contributed by atoms with Gasteiger partial charge in [0.05, 0.1) is 11.8 Å². The summed E-state index contributed by atoms with van der Waals surface area (Å²) in [6.45, 7) is 0.694. The predicted octanol–water partition coefficient (Wildman–Crippen LogP) is 1.86. The Morgan fingerprint density at radius 3 is 2.59 bits per heavy atom. The Balaban J connectivity index is 1.69. The molecule has 1 aliphatic carbocycles. The molecule has 1 heterocycles. The first-order valence-electron chi connectivity index (χ1n) is 7.50. The van der Waals surface area contributed by atoms with Gasteiger partial charge in [0.15, 0.2) is 0 Å². The van der Waals surface area contributed by atoms with E-state index in [0.717, 1.165) is 12.1 Å². The van der Waals surface area contributed by atoms with Gasteiger partial charge in [0, 0.05) is 24.3 Å². The number of hydrogen-bond acceptors (Lipinski definition) is 3. The van der Waals surface area contributed by atoms with E-state index in [9.17, 15) is 14.4 Å². The van der Waals surface area contributed by atoms with Crippen molar-refractivity contribution in [3.05, 3.63) is 24.3 Å². The summed E-state index contributed by atoms with van der Waals surface area (Å²) in [5.41, 5.74) is 1.36. The van der Waals surface area contributed by atoms with Crippen molar-refractivity contribution in [1.82, 2.24) is 0 Å². The lowest BCUT2D eigenvalue weighted by Gasteiger charge is -2.32. The number of aliphatic carboxylic acids is 1. The van der Waals surface area contributed by atoms with Gasteiger partial charge in [0.2, 0.25) is 11.8 Å². The van der Waals surface area contributed by atoms with Gasteiger partial charge in [-0.15, -0.1) is 0 Å². The number of carboxylic acid groups (broad SMARTS) is 1. The van der Waals surface area contributed by atoms with Gasteiger partial charge < -0.3 is 15.3 Å². The number of carbonyl (C=O) groups is 3. The normalized spacial score (nSPS) is 24.0. The summed E-state index contributed by atoms with van der Waals surface area (Å²) < 4.78 is 0. The van der Waals surface area contributed by atoms with Gasteiger partial charge in [-0.25, -0.2) is 0 Å². The van der Waals surface area contributed by atoms with E-state index >= 15 is 0 Å². The Hall–Kier alpha value is -2.37. The van der Waals surface area contributed by atoms with Gasteiger partial charge in [0.25, 0.3) is 0 Å². The third-order valence-electron chi connectivity index (χ3n) is 4.43. The lowest BCUT2D eigenvalue weighted by Crippen LogP contribution is -2.41. The molecule has 1 saturated heterocycles. The molecule has 2 aliphatic rings. The van der Waals surface area contributed by atoms with Crippen LogP contribution in [-0.4, -0.2) is 29.4 Å². The van der Waals surface area contributed by atoms with Gasteiger partial charge in [-0.1, -0.05) is 6.07 Å². The number of amides is 2. The van der Waals surface area contributed by atoms with E-state index in [1.165, 1.54) is 0 Å². The van der Waals surface area contributed by atoms with Gasteiger partial charge in [-0.2, -0.15) is 0 Å². The molecule has 2 atom stereocenters. The summed E-state index contributed by atoms with van der Waals surface area (Å²) in [5, 5.41) is 11.8. The minimum Gasteiger partial charge on any atom is -0.481 e. The molecule has 1 aromatic rings. The third-order valence-corrected chi connectivity index (χ3v) is 4.43. The number of benzene rings is 1. The molecule has 0 bridgehead atoms. The fourth-order valence-corrected chi connectivity index (χ4v) is 3.02. The molecule has 6 nitrogen and oxygen atoms in total. The maximum absolute atomic E-state index is 12.2. The van der Waals surface area contributed by atoms with Crippen LogP contribution in [0.5, 0.6) is 0 Å². The minimum atomic E-state index is -0.914. The topological polar surface area (TPSA) is 86.7 Å². The van der Waals surface area contributed by atoms with E-state index in [4.69, 9.17) is 5.11 Å². The number of anilines is 2. The van der Waals surface area contributed by atoms with Crippen LogP contribution in [0.15, 0.2) is 24.3 Å². The van der Waals surface area contributed by atoms with Crippen molar-refractivity contribution in [1.29, 1.82) is 0 Å². The zero-order valence-electron chi connectivity index (χ0n) is 12.1. The van der Waals surface area contributed by atoms with Crippen LogP contribution < -0.4 is 10.2 Å². The number of rotatable bonds is 4. The van der Waals surface area contributed by atoms with Crippen LogP contribution in [0.1, 0.15) is 25.7 Å². The maximum atomic E-state index is 12.2. The van der Waals surface area contributed by atoms with Crippen LogP contribution in [-0.2, 0) is 14.4 Å². The van der Waals surface area contributed by atoms with E-state index < -0.39 is 17.8 Å². The van der Waals surface area contributed by atoms with E-state index in [-0.39, 0.29) is 11.8 Å². The van der Waals surface area contributed by atoms with Crippen molar-refractivity contribution in [2.45, 2.75) is 25.7 Å². The van der Waals surface area contributed by atoms with Crippen LogP contribution in [0.3, 0.4) is 0 Å². The molecule has 2 unspecified atom stereocenters. The third kappa shape index (κ3) is 2.68. The fourth-order valence-electron chi connectivity index (χ4n) is 3.02. The summed E-state index contributed by atoms with van der Waals surface area (Å²) in [6, 6.07) is 7.13. The summed E-state index contributed by atoms with van der Waals surface area (Å²) in [7, 11) is 0. The zero-order chi connectivity index (χ0) is 15.7. The zero-order valence-corrected chi connectivity index (χ0v) is 12.1. The SMILES string of the molecule is O=C(O)C1CCC1C(=O)Nc1cccc(N2CCCC2=O)c1. The summed E-state index contributed by atoms with van der Waals surface area (Å²) in [4.78, 5) is 36.6. The second-order valence-corrected chi connectivity index (χ2v) is 5.82. The molecule has 0 spiro atoms. The Morgan fingerprint density at radius 2 is 2.00 bits per heavy atom. The average molecular weight is 302 g/mol. The van der Waals surface area contributed by atoms with Crippen LogP contribution in [0, 0.1) is 11.8 Å². The molecular formula is C16H18N2O4. The first kappa shape index (κ1) is 14.6. The fraction of sp³-hybridized carbons (Fsp3) is 0.438. The number of carboxylic acids is 1. The average Bonchev–Trinajstić information content (AvgIpc) is 2.83. The lowest BCUT2D eigenvalue weighted by molar-refractivity contribution is -0.151. The van der Waals surface area contributed by atoms with Gasteiger partial charge in [0.1, 0.15) is 0 Å². The molecule has 22 heavy (non-hydrogen) atoms. The molecule has 0 radical (unpaired) electrons. The Bertz CT molecular complexity index is 628. The molecule has 116 valence electrons. The highest BCUT2D eigenvalue weighted by molar-refractivity contribution is 5.98. The predicted molar refractivity (Wildman–Crippen MR) is 80.5 cm³/mol. The Labute approximate surface area is 128 Å². The van der Waals surface area contributed by atoms with Crippen LogP contribution in [0.2, 0.25) is 0 Å². The van der Waals surface area contributed by atoms with Crippen molar-refractivity contribution < 1.29 is 19.5 Å². The molecule has 0 aromatic heterocycles. The van der Waals surface area contributed by atoms with Crippen molar-refractivity contribution in [2.75, 3.05) is 16.8 Å².